The lowest BCUT2D eigenvalue weighted by molar-refractivity contribution is 0.240. The molecule has 1 fully saturated rings. The second-order valence-corrected chi connectivity index (χ2v) is 6.74. The van der Waals surface area contributed by atoms with Crippen molar-refractivity contribution in [1.29, 1.82) is 0 Å². The van der Waals surface area contributed by atoms with Crippen LogP contribution >= 0.6 is 0 Å². The summed E-state index contributed by atoms with van der Waals surface area (Å²) in [5.74, 6) is -0.357. The summed E-state index contributed by atoms with van der Waals surface area (Å²) in [5.41, 5.74) is 5.58. The molecule has 5 N–H and O–H groups in total. The van der Waals surface area contributed by atoms with E-state index in [9.17, 15) is 14.0 Å². The molecule has 11 heteroatoms. The highest BCUT2D eigenvalue weighted by atomic mass is 19.1. The molecule has 1 saturated carbocycles. The zero-order chi connectivity index (χ0) is 19.7. The van der Waals surface area contributed by atoms with Crippen LogP contribution in [0.2, 0.25) is 0 Å². The lowest BCUT2D eigenvalue weighted by atomic mass is 9.91. The van der Waals surface area contributed by atoms with E-state index in [1.807, 2.05) is 0 Å². The number of amides is 2. The lowest BCUT2D eigenvalue weighted by Crippen LogP contribution is -2.44. The smallest absolute Gasteiger partial charge is 0.348 e. The lowest BCUT2D eigenvalue weighted by Gasteiger charge is -2.30. The number of anilines is 1. The fourth-order valence-electron chi connectivity index (χ4n) is 3.57. The van der Waals surface area contributed by atoms with Gasteiger partial charge in [0, 0.05) is 12.1 Å². The van der Waals surface area contributed by atoms with Crippen molar-refractivity contribution in [2.24, 2.45) is 5.73 Å². The van der Waals surface area contributed by atoms with Crippen LogP contribution < -0.4 is 22.1 Å². The molecule has 0 unspecified atom stereocenters. The molecule has 3 heterocycles. The van der Waals surface area contributed by atoms with Gasteiger partial charge in [-0.3, -0.25) is 0 Å². The van der Waals surface area contributed by atoms with E-state index in [2.05, 4.69) is 30.8 Å². The van der Waals surface area contributed by atoms with E-state index in [1.54, 1.807) is 18.2 Å². The first kappa shape index (κ1) is 17.9. The normalized spacial score (nSPS) is 19.5. The van der Waals surface area contributed by atoms with Crippen molar-refractivity contribution in [2.45, 2.75) is 37.8 Å². The van der Waals surface area contributed by atoms with Crippen molar-refractivity contribution in [1.82, 2.24) is 29.9 Å². The summed E-state index contributed by atoms with van der Waals surface area (Å²) in [6, 6.07) is 4.33. The fourth-order valence-corrected chi connectivity index (χ4v) is 3.57. The molecule has 2 atom stereocenters. The second-order valence-electron chi connectivity index (χ2n) is 6.74. The van der Waals surface area contributed by atoms with E-state index in [0.29, 0.717) is 17.8 Å². The molecule has 3 aromatic heterocycles. The average Bonchev–Trinajstić information content (AvgIpc) is 3.05. The van der Waals surface area contributed by atoms with Crippen LogP contribution in [0, 0.1) is 5.82 Å². The van der Waals surface area contributed by atoms with Gasteiger partial charge in [-0.15, -0.1) is 0 Å². The van der Waals surface area contributed by atoms with Gasteiger partial charge < -0.3 is 16.4 Å². The number of aromatic nitrogens is 5. The zero-order valence-corrected chi connectivity index (χ0v) is 14.9. The Labute approximate surface area is 158 Å². The van der Waals surface area contributed by atoms with Crippen LogP contribution in [-0.2, 0) is 0 Å². The molecule has 28 heavy (non-hydrogen) atoms. The number of H-pyrrole nitrogens is 1. The molecule has 4 rings (SSSR count). The number of nitrogens with two attached hydrogens (primary N) is 1. The number of primary amides is 1. The minimum atomic E-state index is -0.597. The van der Waals surface area contributed by atoms with Crippen LogP contribution in [0.25, 0.3) is 17.2 Å². The number of urea groups is 1. The topological polar surface area (TPSA) is 143 Å². The molecule has 0 aromatic carbocycles. The maximum atomic E-state index is 14.3. The van der Waals surface area contributed by atoms with E-state index in [1.165, 1.54) is 4.40 Å². The van der Waals surface area contributed by atoms with Crippen LogP contribution in [0.15, 0.2) is 29.2 Å². The first-order valence-electron chi connectivity index (χ1n) is 8.93. The fraction of sp³-hybridized carbons (Fsp3) is 0.353. The van der Waals surface area contributed by atoms with Gasteiger partial charge in [0.05, 0.1) is 11.9 Å². The Kier molecular flexibility index (Phi) is 4.63. The summed E-state index contributed by atoms with van der Waals surface area (Å²) in [5, 5.41) is 12.1. The molecule has 10 nitrogen and oxygen atoms in total. The largest absolute Gasteiger partial charge is 0.365 e. The van der Waals surface area contributed by atoms with E-state index < -0.39 is 17.5 Å². The summed E-state index contributed by atoms with van der Waals surface area (Å²) in [6.07, 6.45) is 4.18. The third kappa shape index (κ3) is 3.50. The highest BCUT2D eigenvalue weighted by molar-refractivity contribution is 5.72. The molecular weight excluding hydrogens is 367 g/mol. The summed E-state index contributed by atoms with van der Waals surface area (Å²) < 4.78 is 15.6. The Balaban J connectivity index is 1.62. The Morgan fingerprint density at radius 1 is 1.32 bits per heavy atom. The van der Waals surface area contributed by atoms with Crippen LogP contribution in [0.5, 0.6) is 0 Å². The molecule has 1 aliphatic carbocycles. The number of pyridine rings is 1. The van der Waals surface area contributed by atoms with E-state index in [0.717, 1.165) is 25.5 Å². The van der Waals surface area contributed by atoms with Crippen LogP contribution in [0.1, 0.15) is 25.7 Å². The zero-order valence-electron chi connectivity index (χ0n) is 14.9. The van der Waals surface area contributed by atoms with Crippen LogP contribution in [0.4, 0.5) is 15.0 Å². The molecule has 2 amide bonds. The monoisotopic (exact) mass is 386 g/mol. The van der Waals surface area contributed by atoms with Crippen LogP contribution in [0.3, 0.4) is 0 Å². The highest BCUT2D eigenvalue weighted by Crippen LogP contribution is 2.24. The summed E-state index contributed by atoms with van der Waals surface area (Å²) in [7, 11) is 0. The number of fused-ring (bicyclic) bond motifs is 1. The number of aromatic amines is 1. The van der Waals surface area contributed by atoms with Crippen molar-refractivity contribution in [3.8, 4) is 11.5 Å². The number of hydrogen-bond acceptors (Lipinski definition) is 6. The quantitative estimate of drug-likeness (QED) is 0.527. The molecule has 146 valence electrons. The minimum absolute atomic E-state index is 0.0447. The van der Waals surface area contributed by atoms with E-state index in [4.69, 9.17) is 5.73 Å². The maximum Gasteiger partial charge on any atom is 0.348 e. The molecule has 0 radical (unpaired) electrons. The molecule has 0 spiro atoms. The summed E-state index contributed by atoms with van der Waals surface area (Å²) >= 11 is 0. The number of rotatable bonds is 4. The second kappa shape index (κ2) is 7.25. The molecule has 0 bridgehead atoms. The number of nitrogens with zero attached hydrogens (tertiary/aromatic N) is 4. The van der Waals surface area contributed by atoms with Gasteiger partial charge in [0.25, 0.3) is 0 Å². The van der Waals surface area contributed by atoms with Gasteiger partial charge in [-0.25, -0.2) is 33.4 Å². The van der Waals surface area contributed by atoms with Crippen molar-refractivity contribution >= 4 is 17.5 Å². The molecule has 1 aliphatic rings. The predicted molar refractivity (Wildman–Crippen MR) is 99.2 cm³/mol. The molecular formula is C17H19FN8O2. The van der Waals surface area contributed by atoms with Crippen LogP contribution in [-0.4, -0.2) is 42.7 Å². The predicted octanol–water partition coefficient (Wildman–Crippen LogP) is 1.01. The Morgan fingerprint density at radius 3 is 2.96 bits per heavy atom. The van der Waals surface area contributed by atoms with Gasteiger partial charge in [-0.2, -0.15) is 5.10 Å². The van der Waals surface area contributed by atoms with Gasteiger partial charge in [0.2, 0.25) is 0 Å². The SMILES string of the molecule is NC(=O)N[C@@H]1CCC[C@H](Nc2nc(-c3cccc4n[nH]c(=O)n34)ncc2F)C1. The summed E-state index contributed by atoms with van der Waals surface area (Å²) in [4.78, 5) is 31.4. The highest BCUT2D eigenvalue weighted by Gasteiger charge is 2.24. The third-order valence-corrected chi connectivity index (χ3v) is 4.77. The Hall–Kier alpha value is -3.50. The van der Waals surface area contributed by atoms with Crippen molar-refractivity contribution in [3.05, 3.63) is 40.7 Å². The third-order valence-electron chi connectivity index (χ3n) is 4.77. The minimum Gasteiger partial charge on any atom is -0.365 e. The number of hydrogen-bond donors (Lipinski definition) is 4. The van der Waals surface area contributed by atoms with Crippen molar-refractivity contribution in [3.63, 3.8) is 0 Å². The van der Waals surface area contributed by atoms with Gasteiger partial charge in [-0.05, 0) is 37.8 Å². The molecule has 0 aliphatic heterocycles. The number of carbonyl (C=O) groups excluding carboxylic acids is 1. The maximum absolute atomic E-state index is 14.3. The Bertz CT molecular complexity index is 1080. The van der Waals surface area contributed by atoms with E-state index in [-0.39, 0.29) is 23.7 Å². The average molecular weight is 386 g/mol. The van der Waals surface area contributed by atoms with Gasteiger partial charge in [0.15, 0.2) is 23.1 Å². The number of halogens is 1. The van der Waals surface area contributed by atoms with Crippen molar-refractivity contribution < 1.29 is 9.18 Å². The standard InChI is InChI=1S/C17H19FN8O2/c18-11-8-20-15(12-5-2-6-13-24-25-17(28)26(12)13)23-14(11)21-9-3-1-4-10(7-9)22-16(19)27/h2,5-6,8-10H,1,3-4,7H2,(H,25,28)(H3,19,22,27)(H,20,21,23)/t9-,10+/m0/s1. The van der Waals surface area contributed by atoms with Gasteiger partial charge in [-0.1, -0.05) is 6.07 Å². The van der Waals surface area contributed by atoms with E-state index >= 15 is 0 Å². The first-order valence-corrected chi connectivity index (χ1v) is 8.93. The Morgan fingerprint density at radius 2 is 2.14 bits per heavy atom. The first-order chi connectivity index (χ1) is 13.5. The van der Waals surface area contributed by atoms with Gasteiger partial charge >= 0.3 is 11.7 Å². The van der Waals surface area contributed by atoms with Gasteiger partial charge in [0.1, 0.15) is 0 Å². The molecule has 3 aromatic rings. The number of carbonyl (C=O) groups is 1. The summed E-state index contributed by atoms with van der Waals surface area (Å²) in [6.45, 7) is 0. The molecule has 0 saturated heterocycles. The number of nitrogens with one attached hydrogen (secondary N) is 3. The van der Waals surface area contributed by atoms with Crippen molar-refractivity contribution in [2.75, 3.05) is 5.32 Å².